The van der Waals surface area contributed by atoms with E-state index in [1.165, 1.54) is 18.2 Å². The molecule has 0 spiro atoms. The highest BCUT2D eigenvalue weighted by Crippen LogP contribution is 2.20. The van der Waals surface area contributed by atoms with Crippen LogP contribution in [0.1, 0.15) is 0 Å². The summed E-state index contributed by atoms with van der Waals surface area (Å²) < 4.78 is 54.3. The SMILES string of the molecule is CS(=O)(=O)Nc1ccccc1S(=O)(=O)O. The first-order chi connectivity index (χ1) is 6.70. The van der Waals surface area contributed by atoms with Crippen molar-refractivity contribution in [3.8, 4) is 0 Å². The molecule has 2 N–H and O–H groups in total. The van der Waals surface area contributed by atoms with Gasteiger partial charge in [0.2, 0.25) is 10.0 Å². The summed E-state index contributed by atoms with van der Waals surface area (Å²) in [5, 5.41) is 0. The summed E-state index contributed by atoms with van der Waals surface area (Å²) in [7, 11) is -8.02. The van der Waals surface area contributed by atoms with Gasteiger partial charge in [0.05, 0.1) is 11.9 Å². The van der Waals surface area contributed by atoms with E-state index in [4.69, 9.17) is 4.55 Å². The van der Waals surface area contributed by atoms with Crippen LogP contribution in [0.15, 0.2) is 29.2 Å². The molecular weight excluding hydrogens is 242 g/mol. The van der Waals surface area contributed by atoms with Crippen LogP contribution in [-0.4, -0.2) is 27.6 Å². The zero-order valence-electron chi connectivity index (χ0n) is 7.71. The second kappa shape index (κ2) is 3.80. The van der Waals surface area contributed by atoms with Gasteiger partial charge in [0, 0.05) is 0 Å². The lowest BCUT2D eigenvalue weighted by Gasteiger charge is -2.07. The maximum absolute atomic E-state index is 10.9. The molecule has 0 saturated heterocycles. The molecule has 1 aromatic rings. The highest BCUT2D eigenvalue weighted by molar-refractivity contribution is 7.92. The molecule has 0 aliphatic heterocycles. The molecule has 1 rings (SSSR count). The molecule has 84 valence electrons. The van der Waals surface area contributed by atoms with Crippen molar-refractivity contribution in [3.63, 3.8) is 0 Å². The van der Waals surface area contributed by atoms with Gasteiger partial charge in [-0.15, -0.1) is 0 Å². The first-order valence-electron chi connectivity index (χ1n) is 3.74. The molecule has 0 saturated carbocycles. The van der Waals surface area contributed by atoms with Crippen LogP contribution in [0.5, 0.6) is 0 Å². The van der Waals surface area contributed by atoms with Gasteiger partial charge in [-0.2, -0.15) is 8.42 Å². The summed E-state index contributed by atoms with van der Waals surface area (Å²) >= 11 is 0. The fourth-order valence-electron chi connectivity index (χ4n) is 0.976. The van der Waals surface area contributed by atoms with Crippen LogP contribution in [0.4, 0.5) is 5.69 Å². The number of rotatable bonds is 3. The third kappa shape index (κ3) is 3.50. The first kappa shape index (κ1) is 12.0. The van der Waals surface area contributed by atoms with Gasteiger partial charge in [0.15, 0.2) is 0 Å². The standard InChI is InChI=1S/C7H9NO5S2/c1-14(9,10)8-6-4-2-3-5-7(6)15(11,12)13/h2-5,8H,1H3,(H,11,12,13). The highest BCUT2D eigenvalue weighted by Gasteiger charge is 2.16. The minimum atomic E-state index is -4.43. The number of anilines is 1. The Bertz CT molecular complexity index is 561. The smallest absolute Gasteiger partial charge is 0.282 e. The van der Waals surface area contributed by atoms with Crippen LogP contribution in [0, 0.1) is 0 Å². The van der Waals surface area contributed by atoms with Crippen molar-refractivity contribution in [2.45, 2.75) is 4.90 Å². The van der Waals surface area contributed by atoms with Gasteiger partial charge < -0.3 is 0 Å². The van der Waals surface area contributed by atoms with Crippen molar-refractivity contribution in [1.82, 2.24) is 0 Å². The zero-order chi connectivity index (χ0) is 11.7. The maximum Gasteiger partial charge on any atom is 0.296 e. The van der Waals surface area contributed by atoms with Gasteiger partial charge in [0.1, 0.15) is 4.90 Å². The molecule has 0 aromatic heterocycles. The van der Waals surface area contributed by atoms with E-state index in [1.807, 2.05) is 4.72 Å². The third-order valence-corrected chi connectivity index (χ3v) is 2.96. The molecule has 15 heavy (non-hydrogen) atoms. The van der Waals surface area contributed by atoms with Gasteiger partial charge in [0.25, 0.3) is 10.1 Å². The molecule has 0 amide bonds. The number of nitrogens with one attached hydrogen (secondary N) is 1. The van der Waals surface area contributed by atoms with Crippen molar-refractivity contribution in [2.24, 2.45) is 0 Å². The Morgan fingerprint density at radius 3 is 2.13 bits per heavy atom. The predicted octanol–water partition coefficient (Wildman–Crippen LogP) is 0.305. The second-order valence-electron chi connectivity index (χ2n) is 2.85. The lowest BCUT2D eigenvalue weighted by molar-refractivity contribution is 0.483. The van der Waals surface area contributed by atoms with Crippen molar-refractivity contribution in [1.29, 1.82) is 0 Å². The topological polar surface area (TPSA) is 101 Å². The molecule has 6 nitrogen and oxygen atoms in total. The molecule has 8 heteroatoms. The van der Waals surface area contributed by atoms with Crippen molar-refractivity contribution in [3.05, 3.63) is 24.3 Å². The number of sulfonamides is 1. The molecule has 0 fully saturated rings. The summed E-state index contributed by atoms with van der Waals surface area (Å²) in [5.74, 6) is 0. The fraction of sp³-hybridized carbons (Fsp3) is 0.143. The summed E-state index contributed by atoms with van der Waals surface area (Å²) in [5.41, 5.74) is -0.178. The van der Waals surface area contributed by atoms with Gasteiger partial charge in [-0.1, -0.05) is 12.1 Å². The van der Waals surface area contributed by atoms with Gasteiger partial charge in [-0.05, 0) is 12.1 Å². The normalized spacial score (nSPS) is 12.4. The van der Waals surface area contributed by atoms with E-state index in [1.54, 1.807) is 0 Å². The number of hydrogen-bond acceptors (Lipinski definition) is 4. The van der Waals surface area contributed by atoms with Gasteiger partial charge in [-0.25, -0.2) is 8.42 Å². The van der Waals surface area contributed by atoms with Crippen LogP contribution in [-0.2, 0) is 20.1 Å². The predicted molar refractivity (Wildman–Crippen MR) is 54.7 cm³/mol. The van der Waals surface area contributed by atoms with Crippen molar-refractivity contribution >= 4 is 25.8 Å². The Hall–Kier alpha value is -1.12. The van der Waals surface area contributed by atoms with E-state index in [0.29, 0.717) is 0 Å². The average molecular weight is 251 g/mol. The van der Waals surface area contributed by atoms with E-state index in [0.717, 1.165) is 12.3 Å². The van der Waals surface area contributed by atoms with Gasteiger partial charge in [-0.3, -0.25) is 9.27 Å². The lowest BCUT2D eigenvalue weighted by atomic mass is 10.3. The van der Waals surface area contributed by atoms with Crippen LogP contribution in [0.3, 0.4) is 0 Å². The monoisotopic (exact) mass is 251 g/mol. The zero-order valence-corrected chi connectivity index (χ0v) is 9.34. The molecular formula is C7H9NO5S2. The number of hydrogen-bond donors (Lipinski definition) is 2. The average Bonchev–Trinajstić information content (AvgIpc) is 1.99. The van der Waals surface area contributed by atoms with E-state index < -0.39 is 25.0 Å². The first-order valence-corrected chi connectivity index (χ1v) is 7.07. The Kier molecular flexibility index (Phi) is 3.03. The summed E-state index contributed by atoms with van der Waals surface area (Å²) in [6, 6.07) is 5.16. The molecule has 1 aromatic carbocycles. The van der Waals surface area contributed by atoms with Crippen LogP contribution in [0.25, 0.3) is 0 Å². The van der Waals surface area contributed by atoms with Crippen LogP contribution >= 0.6 is 0 Å². The van der Waals surface area contributed by atoms with E-state index in [9.17, 15) is 16.8 Å². The molecule has 0 heterocycles. The lowest BCUT2D eigenvalue weighted by Crippen LogP contribution is -2.12. The fourth-order valence-corrected chi connectivity index (χ4v) is 2.27. The van der Waals surface area contributed by atoms with E-state index in [2.05, 4.69) is 0 Å². The largest absolute Gasteiger partial charge is 0.296 e. The van der Waals surface area contributed by atoms with Crippen LogP contribution in [0.2, 0.25) is 0 Å². The summed E-state index contributed by atoms with van der Waals surface area (Å²) in [6.07, 6.45) is 0.883. The molecule has 0 aliphatic rings. The number of benzene rings is 1. The van der Waals surface area contributed by atoms with Gasteiger partial charge >= 0.3 is 0 Å². The minimum Gasteiger partial charge on any atom is -0.282 e. The molecule has 0 unspecified atom stereocenters. The van der Waals surface area contributed by atoms with Crippen molar-refractivity contribution in [2.75, 3.05) is 11.0 Å². The Labute approximate surface area is 87.7 Å². The number of para-hydroxylation sites is 1. The van der Waals surface area contributed by atoms with E-state index in [-0.39, 0.29) is 5.69 Å². The Morgan fingerprint density at radius 2 is 1.67 bits per heavy atom. The quantitative estimate of drug-likeness (QED) is 0.753. The Balaban J connectivity index is 3.32. The van der Waals surface area contributed by atoms with E-state index >= 15 is 0 Å². The second-order valence-corrected chi connectivity index (χ2v) is 5.98. The molecule has 0 aliphatic carbocycles. The summed E-state index contributed by atoms with van der Waals surface area (Å²) in [6.45, 7) is 0. The van der Waals surface area contributed by atoms with Crippen molar-refractivity contribution < 1.29 is 21.4 Å². The highest BCUT2D eigenvalue weighted by atomic mass is 32.2. The summed E-state index contributed by atoms with van der Waals surface area (Å²) in [4.78, 5) is -0.476. The minimum absolute atomic E-state index is 0.178. The molecule has 0 atom stereocenters. The Morgan fingerprint density at radius 1 is 1.13 bits per heavy atom. The maximum atomic E-state index is 10.9. The third-order valence-electron chi connectivity index (χ3n) is 1.46. The van der Waals surface area contributed by atoms with Crippen LogP contribution < -0.4 is 4.72 Å². The molecule has 0 radical (unpaired) electrons. The molecule has 0 bridgehead atoms.